The molecule has 0 saturated carbocycles. The number of amides is 5. The van der Waals surface area contributed by atoms with E-state index < -0.39 is 65.5 Å². The van der Waals surface area contributed by atoms with E-state index in [1.165, 1.54) is 12.1 Å². The Hall–Kier alpha value is -5.65. The largest absolute Gasteiger partial charge is 0.494 e. The number of unbranched alkanes of at least 4 members (excludes halogenated alkanes) is 10. The molecular formula is C47H76BN7O15. The van der Waals surface area contributed by atoms with Crippen molar-refractivity contribution in [2.24, 2.45) is 11.5 Å². The number of hydrogen-bond donors (Lipinski definition) is 10. The number of carbonyl (C=O) groups is 9. The van der Waals surface area contributed by atoms with Crippen LogP contribution >= 0.6 is 0 Å². The summed E-state index contributed by atoms with van der Waals surface area (Å²) in [6.07, 6.45) is 10.9. The highest BCUT2D eigenvalue weighted by atomic mass is 16.5. The van der Waals surface area contributed by atoms with E-state index in [0.29, 0.717) is 70.4 Å². The molecule has 23 heteroatoms. The molecule has 5 amide bonds. The van der Waals surface area contributed by atoms with Gasteiger partial charge in [0.05, 0.1) is 49.8 Å². The van der Waals surface area contributed by atoms with Crippen molar-refractivity contribution in [1.82, 2.24) is 26.6 Å². The zero-order valence-electron chi connectivity index (χ0n) is 40.4. The molecule has 70 heavy (non-hydrogen) atoms. The maximum absolute atomic E-state index is 12.5. The summed E-state index contributed by atoms with van der Waals surface area (Å²) in [5.74, 6) is -5.31. The number of nitrogens with one attached hydrogen (secondary N) is 5. The molecule has 0 aliphatic rings. The Bertz CT molecular complexity index is 1740. The fourth-order valence-corrected chi connectivity index (χ4v) is 6.72. The minimum Gasteiger partial charge on any atom is -0.494 e. The van der Waals surface area contributed by atoms with Gasteiger partial charge in [0, 0.05) is 38.9 Å². The molecular weight excluding hydrogens is 913 g/mol. The highest BCUT2D eigenvalue weighted by Gasteiger charge is 2.24. The van der Waals surface area contributed by atoms with E-state index in [4.69, 9.17) is 38.6 Å². The van der Waals surface area contributed by atoms with Crippen molar-refractivity contribution >= 4 is 61.0 Å². The van der Waals surface area contributed by atoms with Gasteiger partial charge in [0.25, 0.3) is 0 Å². The third-order valence-corrected chi connectivity index (χ3v) is 10.9. The number of ether oxygens (including phenoxy) is 3. The zero-order valence-corrected chi connectivity index (χ0v) is 40.4. The maximum Gasteiger partial charge on any atom is 0.335 e. The number of carbonyl (C=O) groups excluding carboxylic acids is 6. The minimum atomic E-state index is -1.40. The van der Waals surface area contributed by atoms with Crippen LogP contribution in [0.1, 0.15) is 139 Å². The zero-order chi connectivity index (χ0) is 51.9. The Labute approximate surface area is 411 Å². The van der Waals surface area contributed by atoms with Crippen LogP contribution in [0.5, 0.6) is 5.75 Å². The fraction of sp³-hybridized carbons (Fsp3) is 0.681. The Kier molecular flexibility index (Phi) is 34.9. The third-order valence-electron chi connectivity index (χ3n) is 10.9. The molecule has 2 radical (unpaired) electrons. The van der Waals surface area contributed by atoms with Crippen molar-refractivity contribution in [3.05, 3.63) is 29.8 Å². The van der Waals surface area contributed by atoms with Gasteiger partial charge in [-0.2, -0.15) is 0 Å². The molecule has 0 aliphatic heterocycles. The second-order valence-corrected chi connectivity index (χ2v) is 16.9. The molecule has 0 unspecified atom stereocenters. The molecule has 0 aromatic heterocycles. The lowest BCUT2D eigenvalue weighted by atomic mass is 9.92. The molecule has 22 nitrogen and oxygen atoms in total. The van der Waals surface area contributed by atoms with Crippen molar-refractivity contribution < 1.29 is 72.7 Å². The van der Waals surface area contributed by atoms with Gasteiger partial charge in [-0.1, -0.05) is 44.9 Å². The van der Waals surface area contributed by atoms with E-state index in [0.717, 1.165) is 51.4 Å². The summed E-state index contributed by atoms with van der Waals surface area (Å²) in [5, 5.41) is 40.9. The van der Waals surface area contributed by atoms with Gasteiger partial charge in [0.1, 0.15) is 24.4 Å². The van der Waals surface area contributed by atoms with Gasteiger partial charge in [-0.05, 0) is 88.5 Å². The SMILES string of the molecule is [B]C(=O)[C@@H](N)CCCCNC(=O)[C@@H](N)CCCCNC(=O)COCCOCCNC(=O)CC[C@H](NC(=O)CC[C@H](NC(=O)CCCCCCCCCCCOc1ccc(C(=O)O)cc1)C(=O)O)C(=O)O. The number of aliphatic carboxylic acids is 2. The summed E-state index contributed by atoms with van der Waals surface area (Å²) >= 11 is 0. The first-order chi connectivity index (χ1) is 33.5. The monoisotopic (exact) mass is 990 g/mol. The van der Waals surface area contributed by atoms with Crippen molar-refractivity contribution in [2.45, 2.75) is 153 Å². The van der Waals surface area contributed by atoms with E-state index in [2.05, 4.69) is 26.6 Å². The molecule has 1 aromatic carbocycles. The van der Waals surface area contributed by atoms with Crippen LogP contribution in [0, 0.1) is 0 Å². The quantitative estimate of drug-likeness (QED) is 0.0327. The number of aromatic carboxylic acids is 1. The average molecular weight is 990 g/mol. The molecule has 0 aliphatic carbocycles. The number of benzene rings is 1. The van der Waals surface area contributed by atoms with Gasteiger partial charge in [0.15, 0.2) is 7.85 Å². The van der Waals surface area contributed by atoms with Gasteiger partial charge in [-0.15, -0.1) is 0 Å². The maximum atomic E-state index is 12.5. The number of hydrogen-bond acceptors (Lipinski definition) is 14. The molecule has 4 atom stereocenters. The fourth-order valence-electron chi connectivity index (χ4n) is 6.72. The summed E-state index contributed by atoms with van der Waals surface area (Å²) in [4.78, 5) is 107. The molecule has 0 spiro atoms. The van der Waals surface area contributed by atoms with Gasteiger partial charge in [0.2, 0.25) is 29.5 Å². The van der Waals surface area contributed by atoms with E-state index in [1.54, 1.807) is 12.1 Å². The van der Waals surface area contributed by atoms with Crippen molar-refractivity contribution in [1.29, 1.82) is 0 Å². The van der Waals surface area contributed by atoms with Gasteiger partial charge < -0.3 is 72.4 Å². The molecule has 0 saturated heterocycles. The first-order valence-electron chi connectivity index (χ1n) is 24.3. The van der Waals surface area contributed by atoms with Crippen molar-refractivity contribution in [2.75, 3.05) is 52.7 Å². The van der Waals surface area contributed by atoms with Crippen LogP contribution in [0.4, 0.5) is 0 Å². The lowest BCUT2D eigenvalue weighted by Crippen LogP contribution is -2.44. The van der Waals surface area contributed by atoms with Crippen LogP contribution in [0.15, 0.2) is 24.3 Å². The summed E-state index contributed by atoms with van der Waals surface area (Å²) in [6, 6.07) is 2.19. The van der Waals surface area contributed by atoms with Crippen LogP contribution in [0.3, 0.4) is 0 Å². The molecule has 1 aromatic rings. The number of carboxylic acid groups (broad SMARTS) is 3. The number of rotatable bonds is 44. The van der Waals surface area contributed by atoms with Crippen molar-refractivity contribution in [3.8, 4) is 5.75 Å². The summed E-state index contributed by atoms with van der Waals surface area (Å²) in [6.45, 7) is 1.65. The Morgan fingerprint density at radius 3 is 1.57 bits per heavy atom. The van der Waals surface area contributed by atoms with Crippen LogP contribution in [0.2, 0.25) is 0 Å². The van der Waals surface area contributed by atoms with Crippen LogP contribution in [-0.2, 0) is 47.8 Å². The molecule has 392 valence electrons. The van der Waals surface area contributed by atoms with E-state index in [-0.39, 0.29) is 82.5 Å². The predicted molar refractivity (Wildman–Crippen MR) is 258 cm³/mol. The molecule has 0 heterocycles. The molecule has 0 bridgehead atoms. The van der Waals surface area contributed by atoms with E-state index in [1.807, 2.05) is 0 Å². The summed E-state index contributed by atoms with van der Waals surface area (Å²) in [5.41, 5.74) is 11.1. The highest BCUT2D eigenvalue weighted by molar-refractivity contribution is 6.59. The van der Waals surface area contributed by atoms with Gasteiger partial charge >= 0.3 is 17.9 Å². The summed E-state index contributed by atoms with van der Waals surface area (Å²) < 4.78 is 16.3. The second kappa shape index (κ2) is 39.1. The lowest BCUT2D eigenvalue weighted by Gasteiger charge is -2.17. The molecule has 0 fully saturated rings. The minimum absolute atomic E-state index is 0.113. The number of nitrogens with two attached hydrogens (primary N) is 2. The van der Waals surface area contributed by atoms with Crippen molar-refractivity contribution in [3.63, 3.8) is 0 Å². The van der Waals surface area contributed by atoms with E-state index in [9.17, 15) is 53.4 Å². The van der Waals surface area contributed by atoms with E-state index >= 15 is 0 Å². The van der Waals surface area contributed by atoms with Gasteiger partial charge in [-0.3, -0.25) is 24.0 Å². The average Bonchev–Trinajstić information content (AvgIpc) is 3.32. The molecule has 1 rings (SSSR count). The molecule has 12 N–H and O–H groups in total. The topological polar surface area (TPSA) is 354 Å². The standard InChI is InChI=1S/C47H76BN7O15/c48-43(60)35(49)14-9-12-26-53-44(61)36(50)15-10-11-25-51-42(59)32-69-31-30-68-29-27-52-39(56)23-21-37(46(64)65)55-41(58)24-22-38(47(66)67)54-40(57)16-8-6-4-2-1-3-5-7-13-28-70-34-19-17-33(18-20-34)45(62)63/h17-20,35-38H,1-16,21-32,49-50H2,(H,51,59)(H,52,56)(H,53,61)(H,54,57)(H,55,58)(H,62,63)(H,64,65)(H,66,67)/t35-,36-,37-,38-/m0/s1. The van der Waals surface area contributed by atoms with Crippen LogP contribution < -0.4 is 42.8 Å². The predicted octanol–water partition coefficient (Wildman–Crippen LogP) is 1.44. The number of carboxylic acids is 3. The van der Waals surface area contributed by atoms with Crippen LogP contribution in [0.25, 0.3) is 0 Å². The normalized spacial score (nSPS) is 12.7. The highest BCUT2D eigenvalue weighted by Crippen LogP contribution is 2.15. The first-order valence-corrected chi connectivity index (χ1v) is 24.3. The lowest BCUT2D eigenvalue weighted by molar-refractivity contribution is -0.143. The Morgan fingerprint density at radius 2 is 1.00 bits per heavy atom. The van der Waals surface area contributed by atoms with Gasteiger partial charge in [-0.25, -0.2) is 14.4 Å². The smallest absolute Gasteiger partial charge is 0.335 e. The second-order valence-electron chi connectivity index (χ2n) is 16.9. The Balaban J connectivity index is 2.08. The third kappa shape index (κ3) is 33.0. The summed E-state index contributed by atoms with van der Waals surface area (Å²) in [7, 11) is 5.12. The first kappa shape index (κ1) is 62.4. The Morgan fingerprint density at radius 1 is 0.500 bits per heavy atom. The van der Waals surface area contributed by atoms with Crippen LogP contribution in [-0.4, -0.2) is 153 Å².